The zero-order valence-corrected chi connectivity index (χ0v) is 11.1. The fraction of sp³-hybridized carbons (Fsp3) is 0.500. The summed E-state index contributed by atoms with van der Waals surface area (Å²) >= 11 is 0. The van der Waals surface area contributed by atoms with Crippen molar-refractivity contribution in [2.75, 3.05) is 32.7 Å². The topological polar surface area (TPSA) is 15.3 Å². The number of nitrogens with one attached hydrogen (secondary N) is 1. The van der Waals surface area contributed by atoms with Crippen LogP contribution in [0.25, 0.3) is 6.08 Å². The van der Waals surface area contributed by atoms with Crippen LogP contribution >= 0.6 is 0 Å². The van der Waals surface area contributed by atoms with Crippen molar-refractivity contribution in [3.8, 4) is 0 Å². The maximum atomic E-state index is 3.47. The van der Waals surface area contributed by atoms with Crippen LogP contribution in [0.1, 0.15) is 24.8 Å². The van der Waals surface area contributed by atoms with Crippen molar-refractivity contribution < 1.29 is 0 Å². The van der Waals surface area contributed by atoms with Crippen molar-refractivity contribution in [1.82, 2.24) is 10.2 Å². The third kappa shape index (κ3) is 5.03. The van der Waals surface area contributed by atoms with Crippen molar-refractivity contribution in [2.45, 2.75) is 19.3 Å². The Kier molecular flexibility index (Phi) is 5.97. The zero-order chi connectivity index (χ0) is 12.5. The van der Waals surface area contributed by atoms with E-state index in [-0.39, 0.29) is 0 Å². The molecule has 0 unspecified atom stereocenters. The van der Waals surface area contributed by atoms with Crippen LogP contribution in [-0.4, -0.2) is 37.6 Å². The quantitative estimate of drug-likeness (QED) is 0.774. The van der Waals surface area contributed by atoms with Crippen LogP contribution < -0.4 is 5.32 Å². The smallest absolute Gasteiger partial charge is 0.0138 e. The summed E-state index contributed by atoms with van der Waals surface area (Å²) in [4.78, 5) is 2.57. The van der Waals surface area contributed by atoms with Crippen molar-refractivity contribution >= 4 is 6.08 Å². The molecule has 1 saturated heterocycles. The first-order valence-electron chi connectivity index (χ1n) is 7.10. The molecule has 18 heavy (non-hydrogen) atoms. The van der Waals surface area contributed by atoms with E-state index >= 15 is 0 Å². The third-order valence-electron chi connectivity index (χ3n) is 3.43. The molecule has 1 N–H and O–H groups in total. The molecule has 1 aromatic rings. The normalized spacial score (nSPS) is 17.3. The molecular formula is C16H24N2. The second-order valence-electron chi connectivity index (χ2n) is 4.92. The first kappa shape index (κ1) is 13.3. The van der Waals surface area contributed by atoms with Gasteiger partial charge in [0.05, 0.1) is 0 Å². The molecule has 0 bridgehead atoms. The molecule has 0 atom stereocenters. The van der Waals surface area contributed by atoms with E-state index in [9.17, 15) is 0 Å². The first-order chi connectivity index (χ1) is 8.95. The van der Waals surface area contributed by atoms with Crippen molar-refractivity contribution in [1.29, 1.82) is 0 Å². The van der Waals surface area contributed by atoms with Gasteiger partial charge >= 0.3 is 0 Å². The molecule has 2 rings (SSSR count). The molecular weight excluding hydrogens is 220 g/mol. The van der Waals surface area contributed by atoms with Crippen LogP contribution in [-0.2, 0) is 0 Å². The van der Waals surface area contributed by atoms with Crippen LogP contribution in [0, 0.1) is 0 Å². The first-order valence-corrected chi connectivity index (χ1v) is 7.10. The maximum Gasteiger partial charge on any atom is 0.0138 e. The molecule has 1 fully saturated rings. The van der Waals surface area contributed by atoms with Gasteiger partial charge in [-0.2, -0.15) is 0 Å². The summed E-state index contributed by atoms with van der Waals surface area (Å²) in [6, 6.07) is 10.5. The molecule has 98 valence electrons. The molecule has 1 heterocycles. The molecule has 1 aliphatic heterocycles. The molecule has 0 aromatic heterocycles. The summed E-state index contributed by atoms with van der Waals surface area (Å²) in [5.41, 5.74) is 1.27. The number of hydrogen-bond acceptors (Lipinski definition) is 2. The molecule has 0 saturated carbocycles. The van der Waals surface area contributed by atoms with Gasteiger partial charge in [0.1, 0.15) is 0 Å². The Labute approximate surface area is 111 Å². The highest BCUT2D eigenvalue weighted by atomic mass is 15.1. The predicted molar refractivity (Wildman–Crippen MR) is 78.6 cm³/mol. The SMILES string of the molecule is C(=Cc1ccccc1)CNCCN1CCCCC1. The van der Waals surface area contributed by atoms with Gasteiger partial charge in [-0.15, -0.1) is 0 Å². The molecule has 2 heteroatoms. The average Bonchev–Trinajstić information content (AvgIpc) is 2.45. The van der Waals surface area contributed by atoms with Gasteiger partial charge in [-0.25, -0.2) is 0 Å². The molecule has 0 amide bonds. The highest BCUT2D eigenvalue weighted by Crippen LogP contribution is 2.07. The Morgan fingerprint density at radius 2 is 1.83 bits per heavy atom. The lowest BCUT2D eigenvalue weighted by Gasteiger charge is -2.26. The highest BCUT2D eigenvalue weighted by molar-refractivity contribution is 5.48. The Balaban J connectivity index is 1.54. The number of nitrogens with zero attached hydrogens (tertiary/aromatic N) is 1. The number of rotatable bonds is 6. The predicted octanol–water partition coefficient (Wildman–Crippen LogP) is 2.78. The molecule has 2 nitrogen and oxygen atoms in total. The number of piperidine rings is 1. The van der Waals surface area contributed by atoms with Crippen LogP contribution in [0.3, 0.4) is 0 Å². The van der Waals surface area contributed by atoms with Crippen molar-refractivity contribution in [2.24, 2.45) is 0 Å². The van der Waals surface area contributed by atoms with Gasteiger partial charge in [0.25, 0.3) is 0 Å². The monoisotopic (exact) mass is 244 g/mol. The van der Waals surface area contributed by atoms with Gasteiger partial charge in [0.2, 0.25) is 0 Å². The highest BCUT2D eigenvalue weighted by Gasteiger charge is 2.08. The Morgan fingerprint density at radius 3 is 2.61 bits per heavy atom. The van der Waals surface area contributed by atoms with Crippen LogP contribution in [0.5, 0.6) is 0 Å². The zero-order valence-electron chi connectivity index (χ0n) is 11.1. The average molecular weight is 244 g/mol. The van der Waals surface area contributed by atoms with Crippen LogP contribution in [0.4, 0.5) is 0 Å². The fourth-order valence-corrected chi connectivity index (χ4v) is 2.36. The minimum atomic E-state index is 0.961. The van der Waals surface area contributed by atoms with Gasteiger partial charge in [0.15, 0.2) is 0 Å². The second-order valence-corrected chi connectivity index (χ2v) is 4.92. The van der Waals surface area contributed by atoms with Gasteiger partial charge in [-0.3, -0.25) is 0 Å². The minimum absolute atomic E-state index is 0.961. The summed E-state index contributed by atoms with van der Waals surface area (Å²) in [6.45, 7) is 5.84. The summed E-state index contributed by atoms with van der Waals surface area (Å²) in [7, 11) is 0. The van der Waals surface area contributed by atoms with Crippen molar-refractivity contribution in [3.63, 3.8) is 0 Å². The maximum absolute atomic E-state index is 3.47. The summed E-state index contributed by atoms with van der Waals surface area (Å²) < 4.78 is 0. The van der Waals surface area contributed by atoms with Crippen molar-refractivity contribution in [3.05, 3.63) is 42.0 Å². The fourth-order valence-electron chi connectivity index (χ4n) is 2.36. The Morgan fingerprint density at radius 1 is 1.06 bits per heavy atom. The lowest BCUT2D eigenvalue weighted by Crippen LogP contribution is -2.35. The number of likely N-dealkylation sites (tertiary alicyclic amines) is 1. The number of benzene rings is 1. The number of hydrogen-bond donors (Lipinski definition) is 1. The Hall–Kier alpha value is -1.12. The van der Waals surface area contributed by atoms with E-state index in [1.54, 1.807) is 0 Å². The minimum Gasteiger partial charge on any atom is -0.312 e. The molecule has 1 aromatic carbocycles. The largest absolute Gasteiger partial charge is 0.312 e. The van der Waals surface area contributed by atoms with E-state index in [1.165, 1.54) is 44.5 Å². The lowest BCUT2D eigenvalue weighted by molar-refractivity contribution is 0.230. The molecule has 1 aliphatic rings. The van der Waals surface area contributed by atoms with E-state index in [0.717, 1.165) is 13.1 Å². The van der Waals surface area contributed by atoms with Gasteiger partial charge < -0.3 is 10.2 Å². The Bertz CT molecular complexity index is 339. The summed E-state index contributed by atoms with van der Waals surface area (Å²) in [5, 5.41) is 3.47. The third-order valence-corrected chi connectivity index (χ3v) is 3.43. The van der Waals surface area contributed by atoms with E-state index < -0.39 is 0 Å². The molecule has 0 radical (unpaired) electrons. The van der Waals surface area contributed by atoms with E-state index in [4.69, 9.17) is 0 Å². The van der Waals surface area contributed by atoms with E-state index in [2.05, 4.69) is 46.6 Å². The van der Waals surface area contributed by atoms with Crippen LogP contribution in [0.15, 0.2) is 36.4 Å². The summed E-state index contributed by atoms with van der Waals surface area (Å²) in [6.07, 6.45) is 8.56. The molecule has 0 aliphatic carbocycles. The van der Waals surface area contributed by atoms with E-state index in [1.807, 2.05) is 6.07 Å². The van der Waals surface area contributed by atoms with Gasteiger partial charge in [0, 0.05) is 19.6 Å². The second kappa shape index (κ2) is 8.06. The lowest BCUT2D eigenvalue weighted by atomic mass is 10.1. The van der Waals surface area contributed by atoms with Gasteiger partial charge in [-0.1, -0.05) is 48.9 Å². The van der Waals surface area contributed by atoms with Crippen LogP contribution in [0.2, 0.25) is 0 Å². The summed E-state index contributed by atoms with van der Waals surface area (Å²) in [5.74, 6) is 0. The van der Waals surface area contributed by atoms with E-state index in [0.29, 0.717) is 0 Å². The van der Waals surface area contributed by atoms with Gasteiger partial charge in [-0.05, 0) is 31.5 Å². The molecule has 0 spiro atoms. The standard InChI is InChI=1S/C16H24N2/c1-3-8-16(9-4-1)10-7-11-17-12-15-18-13-5-2-6-14-18/h1,3-4,7-10,17H,2,5-6,11-15H2.